The van der Waals surface area contributed by atoms with Crippen molar-refractivity contribution < 1.29 is 9.53 Å². The van der Waals surface area contributed by atoms with E-state index in [-0.39, 0.29) is 12.0 Å². The quantitative estimate of drug-likeness (QED) is 0.677. The van der Waals surface area contributed by atoms with Crippen molar-refractivity contribution in [3.8, 4) is 0 Å². The number of ether oxygens (including phenoxy) is 1. The van der Waals surface area contributed by atoms with Gasteiger partial charge in [0.25, 0.3) is 0 Å². The largest absolute Gasteiger partial charge is 0.468 e. The minimum atomic E-state index is -0.329. The Morgan fingerprint density at radius 2 is 2.50 bits per heavy atom. The molecular formula is C9H15N3O2. The van der Waals surface area contributed by atoms with Gasteiger partial charge in [-0.3, -0.25) is 9.48 Å². The summed E-state index contributed by atoms with van der Waals surface area (Å²) in [5.41, 5.74) is 0. The molecule has 0 amide bonds. The number of methoxy groups -OCH3 is 1. The molecule has 0 spiro atoms. The van der Waals surface area contributed by atoms with E-state index in [1.54, 1.807) is 10.9 Å². The molecule has 0 radical (unpaired) electrons. The standard InChI is InChI=1S/C9H15N3O2/c1-3-10-8(9(13)14-2)7-12-6-4-5-11-12/h4-6,8,10H,3,7H2,1-2H3. The zero-order valence-electron chi connectivity index (χ0n) is 8.43. The van der Waals surface area contributed by atoms with Crippen LogP contribution >= 0.6 is 0 Å². The average molecular weight is 197 g/mol. The zero-order valence-corrected chi connectivity index (χ0v) is 8.43. The van der Waals surface area contributed by atoms with Crippen LogP contribution in [-0.4, -0.2) is 35.4 Å². The van der Waals surface area contributed by atoms with E-state index in [2.05, 4.69) is 15.2 Å². The van der Waals surface area contributed by atoms with Gasteiger partial charge in [-0.15, -0.1) is 0 Å². The molecule has 14 heavy (non-hydrogen) atoms. The Bertz CT molecular complexity index is 272. The zero-order chi connectivity index (χ0) is 10.4. The molecule has 0 saturated heterocycles. The molecule has 1 atom stereocenters. The van der Waals surface area contributed by atoms with Crippen molar-refractivity contribution in [3.05, 3.63) is 18.5 Å². The van der Waals surface area contributed by atoms with Crippen LogP contribution in [0.2, 0.25) is 0 Å². The number of nitrogens with one attached hydrogen (secondary N) is 1. The second-order valence-electron chi connectivity index (χ2n) is 2.86. The summed E-state index contributed by atoms with van der Waals surface area (Å²) in [5.74, 6) is -0.262. The highest BCUT2D eigenvalue weighted by Crippen LogP contribution is 1.94. The van der Waals surface area contributed by atoms with Gasteiger partial charge < -0.3 is 10.1 Å². The third-order valence-electron chi connectivity index (χ3n) is 1.87. The molecule has 0 bridgehead atoms. The fourth-order valence-electron chi connectivity index (χ4n) is 1.21. The molecule has 1 heterocycles. The molecule has 5 nitrogen and oxygen atoms in total. The molecule has 0 aromatic carbocycles. The van der Waals surface area contributed by atoms with Crippen LogP contribution in [-0.2, 0) is 16.1 Å². The first-order valence-corrected chi connectivity index (χ1v) is 4.56. The van der Waals surface area contributed by atoms with Crippen molar-refractivity contribution >= 4 is 5.97 Å². The predicted octanol–water partition coefficient (Wildman–Crippen LogP) is 0.0342. The lowest BCUT2D eigenvalue weighted by Crippen LogP contribution is -2.41. The Kier molecular flexibility index (Phi) is 4.12. The van der Waals surface area contributed by atoms with Crippen LogP contribution in [0.5, 0.6) is 0 Å². The molecule has 0 aliphatic carbocycles. The summed E-state index contributed by atoms with van der Waals surface area (Å²) in [6, 6.07) is 1.49. The fraction of sp³-hybridized carbons (Fsp3) is 0.556. The van der Waals surface area contributed by atoms with Crippen LogP contribution < -0.4 is 5.32 Å². The van der Waals surface area contributed by atoms with Crippen LogP contribution in [0.3, 0.4) is 0 Å². The van der Waals surface area contributed by atoms with E-state index in [4.69, 9.17) is 0 Å². The van der Waals surface area contributed by atoms with E-state index in [0.29, 0.717) is 6.54 Å². The van der Waals surface area contributed by atoms with Crippen LogP contribution in [0.4, 0.5) is 0 Å². The van der Waals surface area contributed by atoms with E-state index in [0.717, 1.165) is 6.54 Å². The van der Waals surface area contributed by atoms with Gasteiger partial charge in [0.2, 0.25) is 0 Å². The summed E-state index contributed by atoms with van der Waals surface area (Å²) in [7, 11) is 1.38. The summed E-state index contributed by atoms with van der Waals surface area (Å²) in [6.07, 6.45) is 3.49. The van der Waals surface area contributed by atoms with E-state index < -0.39 is 0 Å². The molecule has 78 valence electrons. The highest BCUT2D eigenvalue weighted by atomic mass is 16.5. The topological polar surface area (TPSA) is 56.2 Å². The van der Waals surface area contributed by atoms with Crippen molar-refractivity contribution in [2.45, 2.75) is 19.5 Å². The molecule has 1 aromatic rings. The van der Waals surface area contributed by atoms with Gasteiger partial charge in [0.15, 0.2) is 0 Å². The van der Waals surface area contributed by atoms with Crippen LogP contribution in [0, 0.1) is 0 Å². The van der Waals surface area contributed by atoms with Crippen molar-refractivity contribution in [1.82, 2.24) is 15.1 Å². The van der Waals surface area contributed by atoms with E-state index in [1.807, 2.05) is 19.2 Å². The number of esters is 1. The minimum Gasteiger partial charge on any atom is -0.468 e. The maximum Gasteiger partial charge on any atom is 0.324 e. The lowest BCUT2D eigenvalue weighted by atomic mass is 10.3. The number of hydrogen-bond acceptors (Lipinski definition) is 4. The molecule has 0 aliphatic heterocycles. The molecule has 1 aromatic heterocycles. The highest BCUT2D eigenvalue weighted by Gasteiger charge is 2.18. The number of carbonyl (C=O) groups excluding carboxylic acids is 1. The first-order valence-electron chi connectivity index (χ1n) is 4.56. The Balaban J connectivity index is 2.55. The average Bonchev–Trinajstić information content (AvgIpc) is 2.68. The summed E-state index contributed by atoms with van der Waals surface area (Å²) in [5, 5.41) is 7.06. The number of nitrogens with zero attached hydrogens (tertiary/aromatic N) is 2. The van der Waals surface area contributed by atoms with Crippen LogP contribution in [0.25, 0.3) is 0 Å². The molecule has 1 unspecified atom stereocenters. The molecule has 1 rings (SSSR count). The SMILES string of the molecule is CCNC(Cn1cccn1)C(=O)OC. The number of aromatic nitrogens is 2. The molecular weight excluding hydrogens is 182 g/mol. The molecule has 5 heteroatoms. The minimum absolute atomic E-state index is 0.262. The van der Waals surface area contributed by atoms with E-state index in [9.17, 15) is 4.79 Å². The Hall–Kier alpha value is -1.36. The lowest BCUT2D eigenvalue weighted by molar-refractivity contribution is -0.143. The predicted molar refractivity (Wildman–Crippen MR) is 51.7 cm³/mol. The maximum absolute atomic E-state index is 11.3. The van der Waals surface area contributed by atoms with Crippen molar-refractivity contribution in [1.29, 1.82) is 0 Å². The summed E-state index contributed by atoms with van der Waals surface area (Å²) in [6.45, 7) is 3.16. The molecule has 0 saturated carbocycles. The first kappa shape index (κ1) is 10.7. The Morgan fingerprint density at radius 1 is 1.71 bits per heavy atom. The monoisotopic (exact) mass is 197 g/mol. The highest BCUT2D eigenvalue weighted by molar-refractivity contribution is 5.75. The molecule has 1 N–H and O–H groups in total. The van der Waals surface area contributed by atoms with E-state index in [1.165, 1.54) is 7.11 Å². The second-order valence-corrected chi connectivity index (χ2v) is 2.86. The van der Waals surface area contributed by atoms with Gasteiger partial charge in [0.1, 0.15) is 6.04 Å². The van der Waals surface area contributed by atoms with Crippen molar-refractivity contribution in [2.75, 3.05) is 13.7 Å². The van der Waals surface area contributed by atoms with Crippen LogP contribution in [0.1, 0.15) is 6.92 Å². The first-order chi connectivity index (χ1) is 6.77. The summed E-state index contributed by atoms with van der Waals surface area (Å²) < 4.78 is 6.37. The smallest absolute Gasteiger partial charge is 0.324 e. The third kappa shape index (κ3) is 2.85. The summed E-state index contributed by atoms with van der Waals surface area (Å²) in [4.78, 5) is 11.3. The van der Waals surface area contributed by atoms with Gasteiger partial charge in [0, 0.05) is 12.4 Å². The van der Waals surface area contributed by atoms with Gasteiger partial charge >= 0.3 is 5.97 Å². The maximum atomic E-state index is 11.3. The van der Waals surface area contributed by atoms with Gasteiger partial charge in [-0.25, -0.2) is 0 Å². The van der Waals surface area contributed by atoms with Gasteiger partial charge in [-0.05, 0) is 12.6 Å². The Labute approximate surface area is 83.1 Å². The van der Waals surface area contributed by atoms with Gasteiger partial charge in [-0.1, -0.05) is 6.92 Å². The van der Waals surface area contributed by atoms with Gasteiger partial charge in [-0.2, -0.15) is 5.10 Å². The summed E-state index contributed by atoms with van der Waals surface area (Å²) >= 11 is 0. The molecule has 0 fully saturated rings. The van der Waals surface area contributed by atoms with Crippen LogP contribution in [0.15, 0.2) is 18.5 Å². The second kappa shape index (κ2) is 5.39. The molecule has 0 aliphatic rings. The number of hydrogen-bond donors (Lipinski definition) is 1. The Morgan fingerprint density at radius 3 is 3.00 bits per heavy atom. The normalized spacial score (nSPS) is 12.4. The fourth-order valence-corrected chi connectivity index (χ4v) is 1.21. The number of rotatable bonds is 5. The number of carbonyl (C=O) groups is 1. The lowest BCUT2D eigenvalue weighted by Gasteiger charge is -2.14. The van der Waals surface area contributed by atoms with Crippen molar-refractivity contribution in [2.24, 2.45) is 0 Å². The van der Waals surface area contributed by atoms with Crippen molar-refractivity contribution in [3.63, 3.8) is 0 Å². The third-order valence-corrected chi connectivity index (χ3v) is 1.87. The number of likely N-dealkylation sites (N-methyl/N-ethyl adjacent to an activating group) is 1. The van der Waals surface area contributed by atoms with E-state index >= 15 is 0 Å². The van der Waals surface area contributed by atoms with Gasteiger partial charge in [0.05, 0.1) is 13.7 Å².